The molecule has 2 aromatic carbocycles. The van der Waals surface area contributed by atoms with Gasteiger partial charge in [0.25, 0.3) is 5.91 Å². The first-order valence-corrected chi connectivity index (χ1v) is 9.40. The van der Waals surface area contributed by atoms with Crippen LogP contribution in [0, 0.1) is 0 Å². The molecule has 4 aromatic rings. The molecular formula is C19H17N5O3S. The van der Waals surface area contributed by atoms with Gasteiger partial charge in [0.15, 0.2) is 5.82 Å². The molecule has 0 aliphatic rings. The Morgan fingerprint density at radius 1 is 1.14 bits per heavy atom. The summed E-state index contributed by atoms with van der Waals surface area (Å²) in [6, 6.07) is 14.5. The molecule has 0 spiro atoms. The van der Waals surface area contributed by atoms with E-state index in [2.05, 4.69) is 20.6 Å². The Kier molecular flexibility index (Phi) is 4.90. The van der Waals surface area contributed by atoms with E-state index in [9.17, 15) is 4.79 Å². The Morgan fingerprint density at radius 3 is 2.71 bits per heavy atom. The highest BCUT2D eigenvalue weighted by atomic mass is 32.1. The second-order valence-electron chi connectivity index (χ2n) is 5.77. The molecule has 0 saturated heterocycles. The smallest absolute Gasteiger partial charge is 0.257 e. The third-order valence-corrected chi connectivity index (χ3v) is 4.78. The van der Waals surface area contributed by atoms with E-state index in [0.29, 0.717) is 33.8 Å². The molecule has 0 radical (unpaired) electrons. The number of hydrogen-bond donors (Lipinski definition) is 1. The highest BCUT2D eigenvalue weighted by Crippen LogP contribution is 2.26. The maximum absolute atomic E-state index is 12.5. The quantitative estimate of drug-likeness (QED) is 0.537. The van der Waals surface area contributed by atoms with Crippen LogP contribution in [0.25, 0.3) is 16.3 Å². The fourth-order valence-electron chi connectivity index (χ4n) is 2.65. The zero-order chi connectivity index (χ0) is 19.5. The predicted octanol–water partition coefficient (Wildman–Crippen LogP) is 3.51. The first-order chi connectivity index (χ1) is 13.7. The number of amides is 1. The van der Waals surface area contributed by atoms with Gasteiger partial charge in [-0.3, -0.25) is 10.1 Å². The van der Waals surface area contributed by atoms with Crippen molar-refractivity contribution in [3.05, 3.63) is 54.1 Å². The number of nitrogens with one attached hydrogen (secondary N) is 1. The van der Waals surface area contributed by atoms with E-state index in [1.54, 1.807) is 35.9 Å². The fourth-order valence-corrected chi connectivity index (χ4v) is 3.38. The van der Waals surface area contributed by atoms with Gasteiger partial charge in [0.1, 0.15) is 11.5 Å². The van der Waals surface area contributed by atoms with Gasteiger partial charge in [-0.15, -0.1) is 15.3 Å². The average Bonchev–Trinajstić information content (AvgIpc) is 3.29. The largest absolute Gasteiger partial charge is 0.497 e. The van der Waals surface area contributed by atoms with Crippen LogP contribution in [0.4, 0.5) is 5.13 Å². The van der Waals surface area contributed by atoms with Gasteiger partial charge in [-0.25, -0.2) is 0 Å². The number of carbonyl (C=O) groups excluding carboxylic acids is 1. The third kappa shape index (κ3) is 3.52. The van der Waals surface area contributed by atoms with Gasteiger partial charge in [-0.2, -0.15) is 4.52 Å². The van der Waals surface area contributed by atoms with Gasteiger partial charge in [0.05, 0.1) is 13.7 Å². The molecule has 2 heterocycles. The van der Waals surface area contributed by atoms with Crippen LogP contribution in [-0.2, 0) is 0 Å². The fraction of sp³-hybridized carbons (Fsp3) is 0.158. The standard InChI is InChI=1S/C19H17N5O3S/c1-3-27-14-9-7-12(8-10-14)16-21-22-19-24(16)23-18(28-19)20-17(25)13-5-4-6-15(11-13)26-2/h4-11H,3H2,1-2H3,(H,20,23,25). The van der Waals surface area contributed by atoms with Crippen molar-refractivity contribution >= 4 is 27.3 Å². The average molecular weight is 395 g/mol. The summed E-state index contributed by atoms with van der Waals surface area (Å²) >= 11 is 1.25. The zero-order valence-electron chi connectivity index (χ0n) is 15.2. The molecule has 4 rings (SSSR count). The molecule has 28 heavy (non-hydrogen) atoms. The van der Waals surface area contributed by atoms with Gasteiger partial charge in [-0.05, 0) is 49.4 Å². The van der Waals surface area contributed by atoms with Crippen molar-refractivity contribution in [3.63, 3.8) is 0 Å². The third-order valence-electron chi connectivity index (χ3n) is 3.97. The molecule has 0 aliphatic carbocycles. The Balaban J connectivity index is 1.58. The molecule has 8 nitrogen and oxygen atoms in total. The number of nitrogens with zero attached hydrogens (tertiary/aromatic N) is 4. The van der Waals surface area contributed by atoms with Gasteiger partial charge >= 0.3 is 0 Å². The van der Waals surface area contributed by atoms with Crippen LogP contribution >= 0.6 is 11.3 Å². The maximum atomic E-state index is 12.5. The van der Waals surface area contributed by atoms with Gasteiger partial charge in [-0.1, -0.05) is 17.4 Å². The Hall–Kier alpha value is -3.46. The molecule has 1 amide bonds. The van der Waals surface area contributed by atoms with Crippen LogP contribution < -0.4 is 14.8 Å². The van der Waals surface area contributed by atoms with Crippen LogP contribution in [-0.4, -0.2) is 39.4 Å². The lowest BCUT2D eigenvalue weighted by atomic mass is 10.2. The minimum absolute atomic E-state index is 0.272. The van der Waals surface area contributed by atoms with Gasteiger partial charge in [0.2, 0.25) is 10.1 Å². The van der Waals surface area contributed by atoms with Crippen molar-refractivity contribution in [1.29, 1.82) is 0 Å². The highest BCUT2D eigenvalue weighted by Gasteiger charge is 2.16. The summed E-state index contributed by atoms with van der Waals surface area (Å²) in [7, 11) is 1.56. The van der Waals surface area contributed by atoms with Crippen LogP contribution in [0.5, 0.6) is 11.5 Å². The van der Waals surface area contributed by atoms with Crippen LogP contribution in [0.15, 0.2) is 48.5 Å². The molecule has 0 bridgehead atoms. The SMILES string of the molecule is CCOc1ccc(-c2nnc3sc(NC(=O)c4cccc(OC)c4)nn23)cc1. The number of anilines is 1. The zero-order valence-corrected chi connectivity index (χ0v) is 16.1. The molecule has 0 unspecified atom stereocenters. The Labute approximate surface area is 164 Å². The molecule has 0 saturated carbocycles. The lowest BCUT2D eigenvalue weighted by Crippen LogP contribution is -2.12. The Bertz CT molecular complexity index is 1120. The van der Waals surface area contributed by atoms with Crippen molar-refractivity contribution in [2.24, 2.45) is 0 Å². The van der Waals surface area contributed by atoms with Crippen molar-refractivity contribution in [2.75, 3.05) is 19.0 Å². The normalized spacial score (nSPS) is 10.8. The number of aromatic nitrogens is 4. The van der Waals surface area contributed by atoms with Crippen LogP contribution in [0.2, 0.25) is 0 Å². The second kappa shape index (κ2) is 7.65. The molecule has 2 aromatic heterocycles. The molecular weight excluding hydrogens is 378 g/mol. The van der Waals surface area contributed by atoms with Gasteiger partial charge in [0, 0.05) is 11.1 Å². The summed E-state index contributed by atoms with van der Waals surface area (Å²) in [6.07, 6.45) is 0. The second-order valence-corrected chi connectivity index (χ2v) is 6.72. The lowest BCUT2D eigenvalue weighted by Gasteiger charge is -2.04. The molecule has 9 heteroatoms. The number of methoxy groups -OCH3 is 1. The maximum Gasteiger partial charge on any atom is 0.257 e. The molecule has 0 atom stereocenters. The molecule has 0 fully saturated rings. The minimum Gasteiger partial charge on any atom is -0.497 e. The highest BCUT2D eigenvalue weighted by molar-refractivity contribution is 7.20. The molecule has 0 aliphatic heterocycles. The number of benzene rings is 2. The van der Waals surface area contributed by atoms with E-state index in [0.717, 1.165) is 11.3 Å². The summed E-state index contributed by atoms with van der Waals surface area (Å²) in [4.78, 5) is 13.1. The van der Waals surface area contributed by atoms with Crippen LogP contribution in [0.3, 0.4) is 0 Å². The summed E-state index contributed by atoms with van der Waals surface area (Å²) in [6.45, 7) is 2.55. The van der Waals surface area contributed by atoms with E-state index in [1.165, 1.54) is 11.3 Å². The first-order valence-electron chi connectivity index (χ1n) is 8.59. The summed E-state index contributed by atoms with van der Waals surface area (Å²) in [5.74, 6) is 1.72. The minimum atomic E-state index is -0.272. The van der Waals surface area contributed by atoms with E-state index >= 15 is 0 Å². The van der Waals surface area contributed by atoms with Crippen molar-refractivity contribution in [2.45, 2.75) is 6.92 Å². The van der Waals surface area contributed by atoms with E-state index < -0.39 is 0 Å². The van der Waals surface area contributed by atoms with E-state index in [1.807, 2.05) is 31.2 Å². The number of rotatable bonds is 6. The van der Waals surface area contributed by atoms with E-state index in [-0.39, 0.29) is 5.91 Å². The number of fused-ring (bicyclic) bond motifs is 1. The summed E-state index contributed by atoms with van der Waals surface area (Å²) in [5, 5.41) is 16.0. The lowest BCUT2D eigenvalue weighted by molar-refractivity contribution is 0.102. The van der Waals surface area contributed by atoms with Crippen molar-refractivity contribution in [1.82, 2.24) is 19.8 Å². The van der Waals surface area contributed by atoms with Crippen molar-refractivity contribution < 1.29 is 14.3 Å². The molecule has 1 N–H and O–H groups in total. The summed E-state index contributed by atoms with van der Waals surface area (Å²) < 4.78 is 12.2. The topological polar surface area (TPSA) is 90.6 Å². The molecule has 142 valence electrons. The van der Waals surface area contributed by atoms with E-state index in [4.69, 9.17) is 9.47 Å². The summed E-state index contributed by atoms with van der Waals surface area (Å²) in [5.41, 5.74) is 1.34. The van der Waals surface area contributed by atoms with Crippen molar-refractivity contribution in [3.8, 4) is 22.9 Å². The number of carbonyl (C=O) groups is 1. The van der Waals surface area contributed by atoms with Gasteiger partial charge < -0.3 is 9.47 Å². The number of hydrogen-bond acceptors (Lipinski definition) is 7. The first kappa shape index (κ1) is 17.9. The monoisotopic (exact) mass is 395 g/mol. The van der Waals surface area contributed by atoms with Crippen LogP contribution in [0.1, 0.15) is 17.3 Å². The predicted molar refractivity (Wildman–Crippen MR) is 106 cm³/mol. The number of ether oxygens (including phenoxy) is 2. The Morgan fingerprint density at radius 2 is 1.96 bits per heavy atom.